The van der Waals surface area contributed by atoms with Crippen LogP contribution in [-0.4, -0.2) is 46.2 Å². The molecule has 1 aromatic rings. The molecule has 9 heteroatoms. The summed E-state index contributed by atoms with van der Waals surface area (Å²) in [4.78, 5) is 46.6. The third-order valence-corrected chi connectivity index (χ3v) is 5.35. The van der Waals surface area contributed by atoms with Gasteiger partial charge in [0, 0.05) is 18.1 Å². The summed E-state index contributed by atoms with van der Waals surface area (Å²) in [7, 11) is 0. The Balaban J connectivity index is 1.54. The number of hydrogen-bond donors (Lipinski definition) is 0. The molecule has 0 bridgehead atoms. The van der Waals surface area contributed by atoms with E-state index in [1.165, 1.54) is 24.3 Å². The molecule has 1 aromatic carbocycles. The average Bonchev–Trinajstić information content (AvgIpc) is 2.62. The van der Waals surface area contributed by atoms with Crippen LogP contribution in [-0.2, 0) is 30.5 Å². The van der Waals surface area contributed by atoms with E-state index < -0.39 is 28.6 Å². The summed E-state index contributed by atoms with van der Waals surface area (Å²) in [5, 5.41) is 10.7. The first kappa shape index (κ1) is 20.2. The third kappa shape index (κ3) is 3.72. The number of hydrogen-bond acceptors (Lipinski definition) is 7. The number of fused-ring (bicyclic) bond motifs is 1. The fraction of sp³-hybridized carbons (Fsp3) is 0.579. The highest BCUT2D eigenvalue weighted by molar-refractivity contribution is 5.87. The second kappa shape index (κ2) is 7.48. The Kier molecular flexibility index (Phi) is 5.40. The quantitative estimate of drug-likeness (QED) is 0.316. The second-order valence-corrected chi connectivity index (χ2v) is 7.82. The molecule has 0 aliphatic carbocycles. The van der Waals surface area contributed by atoms with E-state index in [0.717, 1.165) is 0 Å². The summed E-state index contributed by atoms with van der Waals surface area (Å²) < 4.78 is 5.73. The molecule has 0 aromatic heterocycles. The highest BCUT2D eigenvalue weighted by Crippen LogP contribution is 2.44. The molecule has 3 unspecified atom stereocenters. The Bertz CT molecular complexity index is 777. The summed E-state index contributed by atoms with van der Waals surface area (Å²) >= 11 is 0. The number of non-ortho nitro benzene ring substituents is 1. The summed E-state index contributed by atoms with van der Waals surface area (Å²) in [5.74, 6) is -0.965. The van der Waals surface area contributed by atoms with Crippen LogP contribution in [0.5, 0.6) is 0 Å². The number of carbonyl (C=O) groups excluding carboxylic acids is 2. The number of nitrogens with zero attached hydrogens (tertiary/aromatic N) is 2. The minimum Gasteiger partial charge on any atom is -0.356 e. The van der Waals surface area contributed by atoms with Crippen molar-refractivity contribution in [2.75, 3.05) is 6.61 Å². The van der Waals surface area contributed by atoms with Gasteiger partial charge in [-0.3, -0.25) is 19.8 Å². The van der Waals surface area contributed by atoms with Gasteiger partial charge in [-0.15, -0.1) is 0 Å². The standard InChI is InChI=1S/C19H24N2O7/c1-11-10-26-19(3,4)20-17(11)16(18(20)23)12(2)27-28-15(22)9-13-5-7-14(8-6-13)21(24)25/h5-8,11-12,16-17H,9-10H2,1-4H3/t11?,12?,16-,17?/m0/s1. The number of carbonyl (C=O) groups is 2. The summed E-state index contributed by atoms with van der Waals surface area (Å²) in [6.45, 7) is 7.98. The van der Waals surface area contributed by atoms with Gasteiger partial charge in [0.2, 0.25) is 5.91 Å². The van der Waals surface area contributed by atoms with Crippen molar-refractivity contribution in [1.82, 2.24) is 4.90 Å². The van der Waals surface area contributed by atoms with Crippen LogP contribution in [0.1, 0.15) is 33.3 Å². The molecule has 2 fully saturated rings. The van der Waals surface area contributed by atoms with Gasteiger partial charge in [-0.1, -0.05) is 19.1 Å². The van der Waals surface area contributed by atoms with Crippen molar-refractivity contribution in [3.63, 3.8) is 0 Å². The molecule has 152 valence electrons. The van der Waals surface area contributed by atoms with E-state index >= 15 is 0 Å². The van der Waals surface area contributed by atoms with Gasteiger partial charge in [0.15, 0.2) is 0 Å². The summed E-state index contributed by atoms with van der Waals surface area (Å²) in [5.41, 5.74) is -0.141. The smallest absolute Gasteiger partial charge is 0.346 e. The number of ether oxygens (including phenoxy) is 1. The molecule has 0 saturated carbocycles. The van der Waals surface area contributed by atoms with Gasteiger partial charge in [-0.25, -0.2) is 4.79 Å². The number of β-lactam (4-membered cyclic amide) rings is 1. The van der Waals surface area contributed by atoms with Gasteiger partial charge >= 0.3 is 5.97 Å². The van der Waals surface area contributed by atoms with Gasteiger partial charge in [0.25, 0.3) is 5.69 Å². The maximum absolute atomic E-state index is 12.6. The topological polar surface area (TPSA) is 108 Å². The van der Waals surface area contributed by atoms with E-state index in [1.54, 1.807) is 11.8 Å². The van der Waals surface area contributed by atoms with Crippen molar-refractivity contribution >= 4 is 17.6 Å². The molecule has 4 atom stereocenters. The zero-order chi connectivity index (χ0) is 20.6. The molecule has 28 heavy (non-hydrogen) atoms. The normalized spacial score (nSPS) is 26.8. The fourth-order valence-corrected chi connectivity index (χ4v) is 3.87. The highest BCUT2D eigenvalue weighted by Gasteiger charge is 2.60. The van der Waals surface area contributed by atoms with Gasteiger partial charge < -0.3 is 9.64 Å². The largest absolute Gasteiger partial charge is 0.356 e. The molecule has 2 aliphatic rings. The first-order valence-electron chi connectivity index (χ1n) is 9.18. The van der Waals surface area contributed by atoms with Crippen LogP contribution in [0.15, 0.2) is 24.3 Å². The Morgan fingerprint density at radius 3 is 2.64 bits per heavy atom. The van der Waals surface area contributed by atoms with Crippen molar-refractivity contribution in [1.29, 1.82) is 0 Å². The van der Waals surface area contributed by atoms with E-state index in [0.29, 0.717) is 12.2 Å². The van der Waals surface area contributed by atoms with Gasteiger partial charge in [-0.2, -0.15) is 4.89 Å². The zero-order valence-corrected chi connectivity index (χ0v) is 16.3. The van der Waals surface area contributed by atoms with Crippen molar-refractivity contribution in [2.24, 2.45) is 11.8 Å². The molecule has 0 radical (unpaired) electrons. The maximum Gasteiger partial charge on any atom is 0.346 e. The molecule has 1 amide bonds. The average molecular weight is 392 g/mol. The minimum atomic E-state index is -0.656. The molecule has 2 saturated heterocycles. The molecular weight excluding hydrogens is 368 g/mol. The molecule has 3 rings (SSSR count). The highest BCUT2D eigenvalue weighted by atomic mass is 17.2. The summed E-state index contributed by atoms with van der Waals surface area (Å²) in [6, 6.07) is 5.59. The van der Waals surface area contributed by atoms with Crippen LogP contribution in [0.2, 0.25) is 0 Å². The van der Waals surface area contributed by atoms with Gasteiger partial charge in [-0.05, 0) is 26.3 Å². The van der Waals surface area contributed by atoms with Crippen LogP contribution < -0.4 is 0 Å². The monoisotopic (exact) mass is 392 g/mol. The lowest BCUT2D eigenvalue weighted by molar-refractivity contribution is -0.384. The van der Waals surface area contributed by atoms with E-state index in [2.05, 4.69) is 0 Å². The van der Waals surface area contributed by atoms with Crippen molar-refractivity contribution in [2.45, 2.75) is 52.0 Å². The predicted molar refractivity (Wildman–Crippen MR) is 96.8 cm³/mol. The van der Waals surface area contributed by atoms with Crippen LogP contribution in [0, 0.1) is 22.0 Å². The number of nitro benzene ring substituents is 1. The van der Waals surface area contributed by atoms with E-state index in [-0.39, 0.29) is 30.0 Å². The van der Waals surface area contributed by atoms with Crippen molar-refractivity contribution in [3.05, 3.63) is 39.9 Å². The number of amides is 1. The Labute approximate surface area is 162 Å². The molecule has 0 N–H and O–H groups in total. The van der Waals surface area contributed by atoms with Crippen molar-refractivity contribution in [3.8, 4) is 0 Å². The summed E-state index contributed by atoms with van der Waals surface area (Å²) in [6.07, 6.45) is -0.679. The lowest BCUT2D eigenvalue weighted by atomic mass is 9.74. The number of nitro groups is 1. The van der Waals surface area contributed by atoms with Crippen LogP contribution in [0.4, 0.5) is 5.69 Å². The zero-order valence-electron chi connectivity index (χ0n) is 16.3. The lowest BCUT2D eigenvalue weighted by Crippen LogP contribution is -2.75. The van der Waals surface area contributed by atoms with Gasteiger partial charge in [0.05, 0.1) is 29.9 Å². The van der Waals surface area contributed by atoms with Crippen LogP contribution in [0.25, 0.3) is 0 Å². The van der Waals surface area contributed by atoms with E-state index in [4.69, 9.17) is 14.5 Å². The van der Waals surface area contributed by atoms with Crippen LogP contribution >= 0.6 is 0 Å². The molecule has 2 heterocycles. The number of rotatable bonds is 6. The first-order chi connectivity index (χ1) is 13.1. The third-order valence-electron chi connectivity index (χ3n) is 5.35. The first-order valence-corrected chi connectivity index (χ1v) is 9.18. The van der Waals surface area contributed by atoms with E-state index in [1.807, 2.05) is 20.8 Å². The van der Waals surface area contributed by atoms with Gasteiger partial charge in [0.1, 0.15) is 11.8 Å². The maximum atomic E-state index is 12.6. The Morgan fingerprint density at radius 2 is 2.04 bits per heavy atom. The molecule has 0 spiro atoms. The van der Waals surface area contributed by atoms with E-state index in [9.17, 15) is 19.7 Å². The van der Waals surface area contributed by atoms with Crippen molar-refractivity contribution < 1.29 is 29.0 Å². The SMILES string of the molecule is CC1COC(C)(C)N2C(=O)[C@@H](C(C)OOC(=O)Cc3ccc([N+](=O)[O-])cc3)C12. The number of benzene rings is 1. The molecule has 9 nitrogen and oxygen atoms in total. The fourth-order valence-electron chi connectivity index (χ4n) is 3.87. The molecular formula is C19H24N2O7. The Hall–Kier alpha value is -2.52. The predicted octanol–water partition coefficient (Wildman–Crippen LogP) is 2.23. The lowest BCUT2D eigenvalue weighted by Gasteiger charge is -2.60. The molecule has 2 aliphatic heterocycles. The second-order valence-electron chi connectivity index (χ2n) is 7.82. The Morgan fingerprint density at radius 1 is 1.39 bits per heavy atom. The minimum absolute atomic E-state index is 0.0281. The van der Waals surface area contributed by atoms with Crippen LogP contribution in [0.3, 0.4) is 0 Å².